The lowest BCUT2D eigenvalue weighted by molar-refractivity contribution is 0.0903. The third kappa shape index (κ3) is 3.82. The third-order valence-corrected chi connectivity index (χ3v) is 9.13. The molecule has 3 saturated heterocycles. The van der Waals surface area contributed by atoms with E-state index in [4.69, 9.17) is 14.7 Å². The summed E-state index contributed by atoms with van der Waals surface area (Å²) in [6.07, 6.45) is 5.00. The predicted molar refractivity (Wildman–Crippen MR) is 130 cm³/mol. The normalized spacial score (nSPS) is 27.6. The van der Waals surface area contributed by atoms with Crippen molar-refractivity contribution in [3.63, 3.8) is 0 Å². The fraction of sp³-hybridized carbons (Fsp3) is 0.565. The summed E-state index contributed by atoms with van der Waals surface area (Å²) in [5.74, 6) is 2.27. The van der Waals surface area contributed by atoms with E-state index in [1.807, 2.05) is 0 Å². The molecule has 1 aromatic carbocycles. The van der Waals surface area contributed by atoms with E-state index in [-0.39, 0.29) is 0 Å². The maximum absolute atomic E-state index is 12.7. The summed E-state index contributed by atoms with van der Waals surface area (Å²) in [5.41, 5.74) is 2.24. The van der Waals surface area contributed by atoms with Crippen LogP contribution in [0.15, 0.2) is 33.6 Å². The number of nitrogens with zero attached hydrogens (tertiary/aromatic N) is 4. The standard InChI is InChI=1S/C23H28BrN5O2S/c24-15-1-3-17(4-2-15)28-13-18-5-6-19(14-28)29(18)23-26-20-9-12-32(30)21(20)22(27-23)25-16-7-10-31-11-8-16/h1-4,16,18-19H,5-14H2,(H,25,26,27). The number of fused-ring (bicyclic) bond motifs is 3. The van der Waals surface area contributed by atoms with Gasteiger partial charge in [0.2, 0.25) is 5.95 Å². The number of benzene rings is 1. The van der Waals surface area contributed by atoms with Crippen molar-refractivity contribution in [2.24, 2.45) is 0 Å². The lowest BCUT2D eigenvalue weighted by Crippen LogP contribution is -2.54. The summed E-state index contributed by atoms with van der Waals surface area (Å²) in [5, 5.41) is 3.62. The van der Waals surface area contributed by atoms with Gasteiger partial charge in [0.05, 0.1) is 16.5 Å². The molecule has 4 aliphatic rings. The number of rotatable bonds is 4. The van der Waals surface area contributed by atoms with Gasteiger partial charge in [-0.3, -0.25) is 4.21 Å². The van der Waals surface area contributed by atoms with Crippen molar-refractivity contribution in [3.8, 4) is 0 Å². The van der Waals surface area contributed by atoms with Crippen LogP contribution in [0, 0.1) is 0 Å². The summed E-state index contributed by atoms with van der Waals surface area (Å²) in [6.45, 7) is 3.49. The Kier molecular flexibility index (Phi) is 5.59. The molecule has 0 spiro atoms. The number of ether oxygens (including phenoxy) is 1. The van der Waals surface area contributed by atoms with E-state index in [2.05, 4.69) is 55.3 Å². The monoisotopic (exact) mass is 517 g/mol. The van der Waals surface area contributed by atoms with E-state index in [9.17, 15) is 4.21 Å². The molecule has 0 saturated carbocycles. The maximum atomic E-state index is 12.7. The molecule has 0 radical (unpaired) electrons. The number of anilines is 3. The summed E-state index contributed by atoms with van der Waals surface area (Å²) in [7, 11) is -1.01. The second-order valence-electron chi connectivity index (χ2n) is 9.15. The van der Waals surface area contributed by atoms with Gasteiger partial charge in [0, 0.05) is 66.8 Å². The molecule has 3 fully saturated rings. The van der Waals surface area contributed by atoms with Crippen LogP contribution in [0.25, 0.3) is 0 Å². The van der Waals surface area contributed by atoms with Gasteiger partial charge in [-0.05, 0) is 49.9 Å². The molecule has 3 atom stereocenters. The summed E-state index contributed by atoms with van der Waals surface area (Å²) >= 11 is 3.54. The molecule has 4 aliphatic heterocycles. The highest BCUT2D eigenvalue weighted by molar-refractivity contribution is 9.10. The van der Waals surface area contributed by atoms with Crippen LogP contribution in [0.3, 0.4) is 0 Å². The van der Waals surface area contributed by atoms with Crippen LogP contribution in [0.1, 0.15) is 31.4 Å². The number of aryl methyl sites for hydroxylation is 1. The van der Waals surface area contributed by atoms with E-state index in [1.165, 1.54) is 5.69 Å². The van der Waals surface area contributed by atoms with Crippen LogP contribution >= 0.6 is 15.9 Å². The minimum atomic E-state index is -1.01. The first-order valence-electron chi connectivity index (χ1n) is 11.6. The fourth-order valence-corrected chi connectivity index (χ4v) is 7.10. The van der Waals surface area contributed by atoms with Gasteiger partial charge in [-0.25, -0.2) is 4.98 Å². The first-order valence-corrected chi connectivity index (χ1v) is 13.7. The van der Waals surface area contributed by atoms with Crippen molar-refractivity contribution in [2.45, 2.75) is 55.1 Å². The zero-order chi connectivity index (χ0) is 21.7. The van der Waals surface area contributed by atoms with Crippen molar-refractivity contribution >= 4 is 44.2 Å². The summed E-state index contributed by atoms with van der Waals surface area (Å²) in [4.78, 5) is 15.8. The van der Waals surface area contributed by atoms with Gasteiger partial charge in [0.25, 0.3) is 0 Å². The van der Waals surface area contributed by atoms with Crippen molar-refractivity contribution in [1.82, 2.24) is 9.97 Å². The molecule has 6 rings (SSSR count). The second-order valence-corrected chi connectivity index (χ2v) is 11.6. The number of aromatic nitrogens is 2. The zero-order valence-electron chi connectivity index (χ0n) is 18.0. The molecule has 7 nitrogen and oxygen atoms in total. The summed E-state index contributed by atoms with van der Waals surface area (Å²) in [6, 6.07) is 9.73. The van der Waals surface area contributed by atoms with Crippen LogP contribution in [0.5, 0.6) is 0 Å². The first kappa shape index (κ1) is 20.9. The van der Waals surface area contributed by atoms with Crippen LogP contribution in [0.4, 0.5) is 17.5 Å². The highest BCUT2D eigenvalue weighted by Crippen LogP contribution is 2.38. The van der Waals surface area contributed by atoms with Gasteiger partial charge in [0.1, 0.15) is 10.7 Å². The van der Waals surface area contributed by atoms with Gasteiger partial charge >= 0.3 is 0 Å². The van der Waals surface area contributed by atoms with E-state index < -0.39 is 10.8 Å². The molecule has 1 N–H and O–H groups in total. The Balaban J connectivity index is 1.29. The van der Waals surface area contributed by atoms with E-state index in [0.29, 0.717) is 23.9 Å². The van der Waals surface area contributed by atoms with Crippen LogP contribution in [-0.2, 0) is 22.0 Å². The number of piperazine rings is 1. The van der Waals surface area contributed by atoms with Crippen molar-refractivity contribution < 1.29 is 8.95 Å². The molecular weight excluding hydrogens is 490 g/mol. The fourth-order valence-electron chi connectivity index (χ4n) is 5.52. The Bertz CT molecular complexity index is 1020. The quantitative estimate of drug-likeness (QED) is 0.666. The molecule has 0 aliphatic carbocycles. The van der Waals surface area contributed by atoms with Crippen molar-refractivity contribution in [3.05, 3.63) is 34.4 Å². The molecular formula is C23H28BrN5O2S. The van der Waals surface area contributed by atoms with Gasteiger partial charge in [-0.15, -0.1) is 0 Å². The van der Waals surface area contributed by atoms with Gasteiger partial charge in [-0.1, -0.05) is 15.9 Å². The average molecular weight is 518 g/mol. The molecule has 170 valence electrons. The number of halogens is 1. The van der Waals surface area contributed by atoms with Gasteiger partial charge in [-0.2, -0.15) is 4.98 Å². The van der Waals surface area contributed by atoms with E-state index in [1.54, 1.807) is 0 Å². The molecule has 3 unspecified atom stereocenters. The predicted octanol–water partition coefficient (Wildman–Crippen LogP) is 3.35. The largest absolute Gasteiger partial charge is 0.381 e. The number of hydrogen-bond acceptors (Lipinski definition) is 7. The minimum absolute atomic E-state index is 0.319. The Morgan fingerprint density at radius 2 is 1.75 bits per heavy atom. The van der Waals surface area contributed by atoms with Crippen LogP contribution in [-0.4, -0.2) is 64.4 Å². The lowest BCUT2D eigenvalue weighted by atomic mass is 10.1. The Morgan fingerprint density at radius 3 is 2.47 bits per heavy atom. The van der Waals surface area contributed by atoms with Crippen LogP contribution < -0.4 is 15.1 Å². The number of nitrogens with one attached hydrogen (secondary N) is 1. The molecule has 2 aromatic rings. The molecule has 1 aromatic heterocycles. The molecule has 32 heavy (non-hydrogen) atoms. The van der Waals surface area contributed by atoms with Crippen molar-refractivity contribution in [1.29, 1.82) is 0 Å². The Labute approximate surface area is 199 Å². The smallest absolute Gasteiger partial charge is 0.228 e. The first-order chi connectivity index (χ1) is 15.7. The Morgan fingerprint density at radius 1 is 1.03 bits per heavy atom. The molecule has 0 amide bonds. The molecule has 9 heteroatoms. The maximum Gasteiger partial charge on any atom is 0.228 e. The summed E-state index contributed by atoms with van der Waals surface area (Å²) < 4.78 is 19.3. The highest BCUT2D eigenvalue weighted by Gasteiger charge is 2.42. The SMILES string of the molecule is O=S1CCc2nc(N3C4CCC3CN(c3ccc(Br)cc3)C4)nc(NC3CCOCC3)c21. The van der Waals surface area contributed by atoms with Gasteiger partial charge < -0.3 is 19.9 Å². The number of hydrogen-bond donors (Lipinski definition) is 1. The van der Waals surface area contributed by atoms with Crippen LogP contribution in [0.2, 0.25) is 0 Å². The zero-order valence-corrected chi connectivity index (χ0v) is 20.4. The lowest BCUT2D eigenvalue weighted by Gasteiger charge is -2.42. The van der Waals surface area contributed by atoms with Gasteiger partial charge in [0.15, 0.2) is 0 Å². The topological polar surface area (TPSA) is 70.6 Å². The minimum Gasteiger partial charge on any atom is -0.381 e. The second kappa shape index (κ2) is 8.57. The molecule has 5 heterocycles. The molecule has 2 bridgehead atoms. The Hall–Kier alpha value is -1.71. The van der Waals surface area contributed by atoms with E-state index >= 15 is 0 Å². The van der Waals surface area contributed by atoms with Crippen molar-refractivity contribution in [2.75, 3.05) is 47.2 Å². The third-order valence-electron chi connectivity index (χ3n) is 7.14. The highest BCUT2D eigenvalue weighted by atomic mass is 79.9. The average Bonchev–Trinajstić information content (AvgIpc) is 3.31. The van der Waals surface area contributed by atoms with E-state index in [0.717, 1.165) is 85.2 Å².